The molecule has 130 valence electrons. The molecule has 0 bridgehead atoms. The van der Waals surface area contributed by atoms with E-state index in [0.717, 1.165) is 30.1 Å². The second-order valence-corrected chi connectivity index (χ2v) is 6.75. The van der Waals surface area contributed by atoms with Gasteiger partial charge in [-0.1, -0.05) is 23.7 Å². The Hall–Kier alpha value is -1.40. The maximum atomic E-state index is 10.3. The van der Waals surface area contributed by atoms with Gasteiger partial charge in [-0.25, -0.2) is 0 Å². The van der Waals surface area contributed by atoms with Crippen LogP contribution >= 0.6 is 11.6 Å². The van der Waals surface area contributed by atoms with Crippen molar-refractivity contribution in [1.29, 1.82) is 0 Å². The molecule has 2 heterocycles. The number of ether oxygens (including phenoxy) is 1. The molecule has 2 aromatic rings. The van der Waals surface area contributed by atoms with Gasteiger partial charge in [0.2, 0.25) is 0 Å². The summed E-state index contributed by atoms with van der Waals surface area (Å²) in [7, 11) is 0. The monoisotopic (exact) mass is 349 g/mol. The number of aliphatic hydroxyl groups is 1. The zero-order valence-electron chi connectivity index (χ0n) is 13.7. The van der Waals surface area contributed by atoms with Crippen molar-refractivity contribution in [3.05, 3.63) is 53.3 Å². The van der Waals surface area contributed by atoms with Crippen molar-refractivity contribution in [3.63, 3.8) is 0 Å². The quantitative estimate of drug-likeness (QED) is 0.795. The van der Waals surface area contributed by atoms with Crippen LogP contribution in [0.4, 0.5) is 0 Å². The van der Waals surface area contributed by atoms with E-state index in [9.17, 15) is 5.11 Å². The Morgan fingerprint density at radius 3 is 2.92 bits per heavy atom. The first-order valence-electron chi connectivity index (χ1n) is 8.42. The van der Waals surface area contributed by atoms with Crippen molar-refractivity contribution in [2.24, 2.45) is 0 Å². The van der Waals surface area contributed by atoms with Gasteiger partial charge in [0.05, 0.1) is 25.9 Å². The topological polar surface area (TPSA) is 50.5 Å². The summed E-state index contributed by atoms with van der Waals surface area (Å²) in [5, 5.41) is 15.3. The minimum Gasteiger partial charge on any atom is -0.389 e. The van der Waals surface area contributed by atoms with Crippen molar-refractivity contribution in [2.45, 2.75) is 38.1 Å². The molecule has 1 aromatic heterocycles. The number of nitrogens with zero attached hydrogens (tertiary/aromatic N) is 3. The van der Waals surface area contributed by atoms with Gasteiger partial charge in [0.25, 0.3) is 0 Å². The molecular formula is C18H24ClN3O2. The van der Waals surface area contributed by atoms with E-state index >= 15 is 0 Å². The zero-order chi connectivity index (χ0) is 16.8. The first-order valence-corrected chi connectivity index (χ1v) is 8.80. The van der Waals surface area contributed by atoms with Gasteiger partial charge in [0.1, 0.15) is 0 Å². The van der Waals surface area contributed by atoms with Crippen molar-refractivity contribution in [1.82, 2.24) is 14.7 Å². The van der Waals surface area contributed by atoms with Gasteiger partial charge in [-0.2, -0.15) is 5.10 Å². The van der Waals surface area contributed by atoms with E-state index in [1.54, 1.807) is 6.20 Å². The summed E-state index contributed by atoms with van der Waals surface area (Å²) in [6.07, 6.45) is 5.64. The molecule has 0 aliphatic carbocycles. The van der Waals surface area contributed by atoms with Crippen LogP contribution in [0.25, 0.3) is 0 Å². The standard InChI is InChI=1S/C18H24ClN3O2/c19-16-6-4-15(5-7-16)13-24-14-18(23)12-21-9-1-3-17(21)11-22-10-2-8-20-22/h2,4-8,10,17-18,23H,1,3,9,11-14H2. The molecule has 6 heteroatoms. The number of rotatable bonds is 8. The van der Waals surface area contributed by atoms with Crippen LogP contribution in [0.3, 0.4) is 0 Å². The molecule has 1 aliphatic heterocycles. The second kappa shape index (κ2) is 8.62. The molecule has 0 saturated carbocycles. The van der Waals surface area contributed by atoms with Crippen molar-refractivity contribution < 1.29 is 9.84 Å². The fourth-order valence-corrected chi connectivity index (χ4v) is 3.31. The fraction of sp³-hybridized carbons (Fsp3) is 0.500. The van der Waals surface area contributed by atoms with E-state index in [2.05, 4.69) is 10.00 Å². The third-order valence-electron chi connectivity index (χ3n) is 4.39. The van der Waals surface area contributed by atoms with Crippen LogP contribution in [0.15, 0.2) is 42.7 Å². The number of hydrogen-bond donors (Lipinski definition) is 1. The highest BCUT2D eigenvalue weighted by molar-refractivity contribution is 6.30. The molecule has 2 unspecified atom stereocenters. The Labute approximate surface area is 147 Å². The highest BCUT2D eigenvalue weighted by Gasteiger charge is 2.26. The Morgan fingerprint density at radius 2 is 2.17 bits per heavy atom. The fourth-order valence-electron chi connectivity index (χ4n) is 3.18. The molecule has 5 nitrogen and oxygen atoms in total. The highest BCUT2D eigenvalue weighted by Crippen LogP contribution is 2.19. The molecule has 1 N–H and O–H groups in total. The lowest BCUT2D eigenvalue weighted by molar-refractivity contribution is 0.00666. The minimum atomic E-state index is -0.476. The van der Waals surface area contributed by atoms with Crippen molar-refractivity contribution >= 4 is 11.6 Å². The number of aliphatic hydroxyl groups excluding tert-OH is 1. The molecule has 24 heavy (non-hydrogen) atoms. The van der Waals surface area contributed by atoms with Crippen LogP contribution in [0.5, 0.6) is 0 Å². The normalized spacial score (nSPS) is 19.7. The Balaban J connectivity index is 1.40. The molecule has 1 fully saturated rings. The highest BCUT2D eigenvalue weighted by atomic mass is 35.5. The molecule has 3 rings (SSSR count). The lowest BCUT2D eigenvalue weighted by atomic mass is 10.2. The van der Waals surface area contributed by atoms with Gasteiger partial charge in [-0.3, -0.25) is 9.58 Å². The minimum absolute atomic E-state index is 0.341. The third kappa shape index (κ3) is 5.05. The second-order valence-electron chi connectivity index (χ2n) is 6.31. The van der Waals surface area contributed by atoms with Gasteiger partial charge in [0.15, 0.2) is 0 Å². The smallest absolute Gasteiger partial charge is 0.0900 e. The summed E-state index contributed by atoms with van der Waals surface area (Å²) in [5.41, 5.74) is 1.06. The molecule has 1 aliphatic rings. The maximum absolute atomic E-state index is 10.3. The van der Waals surface area contributed by atoms with Crippen molar-refractivity contribution in [3.8, 4) is 0 Å². The average Bonchev–Trinajstić information content (AvgIpc) is 3.22. The summed E-state index contributed by atoms with van der Waals surface area (Å²) in [5.74, 6) is 0. The number of likely N-dealkylation sites (tertiary alicyclic amines) is 1. The largest absolute Gasteiger partial charge is 0.389 e. The van der Waals surface area contributed by atoms with Crippen LogP contribution in [-0.2, 0) is 17.9 Å². The summed E-state index contributed by atoms with van der Waals surface area (Å²) >= 11 is 5.86. The number of benzene rings is 1. The average molecular weight is 350 g/mol. The van der Waals surface area contributed by atoms with Gasteiger partial charge < -0.3 is 9.84 Å². The first kappa shape index (κ1) is 17.4. The third-order valence-corrected chi connectivity index (χ3v) is 4.65. The van der Waals surface area contributed by atoms with Gasteiger partial charge in [0, 0.05) is 30.0 Å². The van der Waals surface area contributed by atoms with Crippen molar-refractivity contribution in [2.75, 3.05) is 19.7 Å². The molecule has 1 aromatic carbocycles. The molecule has 2 atom stereocenters. The van der Waals surface area contributed by atoms with Gasteiger partial charge in [-0.15, -0.1) is 0 Å². The number of β-amino-alcohol motifs (C(OH)–C–C–N with tert-alkyl or cyclic N) is 1. The summed E-state index contributed by atoms with van der Waals surface area (Å²) < 4.78 is 7.60. The van der Waals surface area contributed by atoms with Crippen LogP contribution < -0.4 is 0 Å². The summed E-state index contributed by atoms with van der Waals surface area (Å²) in [4.78, 5) is 2.35. The van der Waals surface area contributed by atoms with Gasteiger partial charge in [-0.05, 0) is 43.1 Å². The predicted molar refractivity (Wildman–Crippen MR) is 93.9 cm³/mol. The van der Waals surface area contributed by atoms with E-state index in [4.69, 9.17) is 16.3 Å². The number of halogens is 1. The number of aromatic nitrogens is 2. The van der Waals surface area contributed by atoms with Crippen LogP contribution in [0.1, 0.15) is 18.4 Å². The summed E-state index contributed by atoms with van der Waals surface area (Å²) in [6.45, 7) is 3.39. The number of hydrogen-bond acceptors (Lipinski definition) is 4. The summed E-state index contributed by atoms with van der Waals surface area (Å²) in [6, 6.07) is 9.96. The predicted octanol–water partition coefficient (Wildman–Crippen LogP) is 2.58. The van der Waals surface area contributed by atoms with Crippen LogP contribution in [0.2, 0.25) is 5.02 Å². The van der Waals surface area contributed by atoms with Crippen LogP contribution in [0, 0.1) is 0 Å². The van der Waals surface area contributed by atoms with E-state index in [1.807, 2.05) is 41.2 Å². The van der Waals surface area contributed by atoms with Crippen LogP contribution in [-0.4, -0.2) is 51.6 Å². The molecule has 0 spiro atoms. The Morgan fingerprint density at radius 1 is 1.33 bits per heavy atom. The zero-order valence-corrected chi connectivity index (χ0v) is 14.5. The molecular weight excluding hydrogens is 326 g/mol. The van der Waals surface area contributed by atoms with E-state index < -0.39 is 6.10 Å². The Kier molecular flexibility index (Phi) is 6.26. The molecule has 1 saturated heterocycles. The van der Waals surface area contributed by atoms with E-state index in [-0.39, 0.29) is 0 Å². The lowest BCUT2D eigenvalue weighted by Crippen LogP contribution is -2.40. The van der Waals surface area contributed by atoms with E-state index in [0.29, 0.717) is 25.8 Å². The Bertz CT molecular complexity index is 603. The lowest BCUT2D eigenvalue weighted by Gasteiger charge is -2.26. The molecule has 0 radical (unpaired) electrons. The first-order chi connectivity index (χ1) is 11.7. The SMILES string of the molecule is OC(COCc1ccc(Cl)cc1)CN1CCCC1Cn1cccn1. The van der Waals surface area contributed by atoms with E-state index in [1.165, 1.54) is 6.42 Å². The van der Waals surface area contributed by atoms with Gasteiger partial charge >= 0.3 is 0 Å². The molecule has 0 amide bonds. The maximum Gasteiger partial charge on any atom is 0.0900 e.